The summed E-state index contributed by atoms with van der Waals surface area (Å²) in [6.07, 6.45) is 1.28. The highest BCUT2D eigenvalue weighted by atomic mass is 32.2. The number of aryl methyl sites for hydroxylation is 1. The Kier molecular flexibility index (Phi) is 5.12. The molecule has 28 heavy (non-hydrogen) atoms. The van der Waals surface area contributed by atoms with Crippen LogP contribution in [0.15, 0.2) is 66.1 Å². The number of sulfonamides is 1. The van der Waals surface area contributed by atoms with E-state index in [9.17, 15) is 18.0 Å². The van der Waals surface area contributed by atoms with Gasteiger partial charge in [-0.2, -0.15) is 0 Å². The largest absolute Gasteiger partial charge is 0.459 e. The van der Waals surface area contributed by atoms with Crippen LogP contribution < -0.4 is 4.31 Å². The molecule has 0 aromatic heterocycles. The molecule has 1 heterocycles. The molecule has 0 aliphatic carbocycles. The Balaban J connectivity index is 2.25. The van der Waals surface area contributed by atoms with Crippen LogP contribution in [0, 0.1) is 6.92 Å². The van der Waals surface area contributed by atoms with E-state index in [-0.39, 0.29) is 17.9 Å². The van der Waals surface area contributed by atoms with Crippen LogP contribution in [0.3, 0.4) is 0 Å². The van der Waals surface area contributed by atoms with E-state index in [0.29, 0.717) is 11.3 Å². The average molecular weight is 399 g/mol. The van der Waals surface area contributed by atoms with Crippen LogP contribution in [0.1, 0.15) is 18.1 Å². The molecule has 0 radical (unpaired) electrons. The Morgan fingerprint density at radius 3 is 2.43 bits per heavy atom. The fourth-order valence-electron chi connectivity index (χ4n) is 3.38. The Bertz CT molecular complexity index is 1040. The lowest BCUT2D eigenvalue weighted by molar-refractivity contribution is -0.151. The minimum Gasteiger partial charge on any atom is -0.459 e. The first-order chi connectivity index (χ1) is 13.2. The van der Waals surface area contributed by atoms with Crippen molar-refractivity contribution in [2.24, 2.45) is 0 Å². The molecule has 1 aliphatic heterocycles. The molecule has 0 N–H and O–H groups in total. The van der Waals surface area contributed by atoms with Crippen molar-refractivity contribution in [1.29, 1.82) is 0 Å². The maximum atomic E-state index is 13.6. The molecule has 0 saturated carbocycles. The molecule has 7 heteroatoms. The van der Waals surface area contributed by atoms with Gasteiger partial charge < -0.3 is 4.74 Å². The normalized spacial score (nSPS) is 18.4. The molecule has 2 aromatic rings. The SMILES string of the molecule is C=CCOC(=O)C1(C(C)=O)Cc2ccccc2N1S(=O)(=O)c1ccc(C)cc1. The van der Waals surface area contributed by atoms with E-state index >= 15 is 0 Å². The summed E-state index contributed by atoms with van der Waals surface area (Å²) in [4.78, 5) is 25.7. The zero-order chi connectivity index (χ0) is 20.5. The molecule has 1 atom stereocenters. The van der Waals surface area contributed by atoms with Gasteiger partial charge in [0.05, 0.1) is 10.6 Å². The number of benzene rings is 2. The number of Topliss-reactive ketones (excluding diaryl/α,β-unsaturated/α-hetero) is 1. The number of para-hydroxylation sites is 1. The van der Waals surface area contributed by atoms with Crippen LogP contribution in [0.2, 0.25) is 0 Å². The third kappa shape index (κ3) is 3.01. The average Bonchev–Trinajstić information content (AvgIpc) is 3.03. The van der Waals surface area contributed by atoms with Crippen LogP contribution in [0.4, 0.5) is 5.69 Å². The minimum absolute atomic E-state index is 0.00283. The van der Waals surface area contributed by atoms with Gasteiger partial charge in [-0.3, -0.25) is 4.79 Å². The van der Waals surface area contributed by atoms with Crippen molar-refractivity contribution in [3.8, 4) is 0 Å². The summed E-state index contributed by atoms with van der Waals surface area (Å²) in [6.45, 7) is 6.42. The zero-order valence-electron chi connectivity index (χ0n) is 15.7. The Morgan fingerprint density at radius 1 is 1.18 bits per heavy atom. The molecule has 2 aromatic carbocycles. The van der Waals surface area contributed by atoms with Crippen LogP contribution >= 0.6 is 0 Å². The third-order valence-corrected chi connectivity index (χ3v) is 6.67. The van der Waals surface area contributed by atoms with Crippen LogP contribution in [-0.4, -0.2) is 32.3 Å². The number of rotatable bonds is 6. The number of nitrogens with zero attached hydrogens (tertiary/aromatic N) is 1. The Labute approximate surface area is 164 Å². The summed E-state index contributed by atoms with van der Waals surface area (Å²) < 4.78 is 33.2. The number of hydrogen-bond acceptors (Lipinski definition) is 5. The van der Waals surface area contributed by atoms with E-state index in [4.69, 9.17) is 4.74 Å². The molecule has 0 bridgehead atoms. The maximum Gasteiger partial charge on any atom is 0.341 e. The van der Waals surface area contributed by atoms with Crippen molar-refractivity contribution in [2.45, 2.75) is 30.7 Å². The second kappa shape index (κ2) is 7.24. The first-order valence-corrected chi connectivity index (χ1v) is 10.2. The maximum absolute atomic E-state index is 13.6. The molecule has 146 valence electrons. The predicted octanol–water partition coefficient (Wildman–Crippen LogP) is 2.80. The molecule has 0 spiro atoms. The van der Waals surface area contributed by atoms with Crippen molar-refractivity contribution in [1.82, 2.24) is 0 Å². The van der Waals surface area contributed by atoms with Gasteiger partial charge in [0, 0.05) is 6.42 Å². The van der Waals surface area contributed by atoms with Crippen molar-refractivity contribution in [2.75, 3.05) is 10.9 Å². The number of fused-ring (bicyclic) bond motifs is 1. The van der Waals surface area contributed by atoms with Crippen LogP contribution in [0.5, 0.6) is 0 Å². The fourth-order valence-corrected chi connectivity index (χ4v) is 5.19. The lowest BCUT2D eigenvalue weighted by Gasteiger charge is -2.35. The third-order valence-electron chi connectivity index (χ3n) is 4.81. The number of carbonyl (C=O) groups is 2. The molecule has 0 amide bonds. The summed E-state index contributed by atoms with van der Waals surface area (Å²) in [7, 11) is -4.21. The van der Waals surface area contributed by atoms with Crippen molar-refractivity contribution in [3.05, 3.63) is 72.3 Å². The molecule has 1 unspecified atom stereocenters. The molecule has 0 saturated heterocycles. The van der Waals surface area contributed by atoms with Crippen LogP contribution in [0.25, 0.3) is 0 Å². The van der Waals surface area contributed by atoms with Crippen molar-refractivity contribution >= 4 is 27.5 Å². The number of ether oxygens (including phenoxy) is 1. The standard InChI is InChI=1S/C21H21NO5S/c1-4-13-27-20(24)21(16(3)23)14-17-7-5-6-8-19(17)22(21)28(25,26)18-11-9-15(2)10-12-18/h4-12H,1,13-14H2,2-3H3. The molecule has 1 aliphatic rings. The van der Waals surface area contributed by atoms with E-state index < -0.39 is 27.3 Å². The molecular weight excluding hydrogens is 378 g/mol. The second-order valence-corrected chi connectivity index (χ2v) is 8.48. The minimum atomic E-state index is -4.21. The fraction of sp³-hybridized carbons (Fsp3) is 0.238. The van der Waals surface area contributed by atoms with Crippen LogP contribution in [-0.2, 0) is 30.8 Å². The Morgan fingerprint density at radius 2 is 1.82 bits per heavy atom. The monoisotopic (exact) mass is 399 g/mol. The molecule has 0 fully saturated rings. The first kappa shape index (κ1) is 19.8. The topological polar surface area (TPSA) is 80.8 Å². The van der Waals surface area contributed by atoms with Gasteiger partial charge in [-0.15, -0.1) is 0 Å². The van der Waals surface area contributed by atoms with Gasteiger partial charge in [0.2, 0.25) is 5.54 Å². The number of hydrogen-bond donors (Lipinski definition) is 0. The summed E-state index contributed by atoms with van der Waals surface area (Å²) in [5.41, 5.74) is -0.210. The summed E-state index contributed by atoms with van der Waals surface area (Å²) in [6, 6.07) is 13.0. The van der Waals surface area contributed by atoms with Crippen molar-refractivity contribution < 1.29 is 22.7 Å². The predicted molar refractivity (Wildman–Crippen MR) is 106 cm³/mol. The summed E-state index contributed by atoms with van der Waals surface area (Å²) in [5.74, 6) is -1.51. The van der Waals surface area contributed by atoms with Gasteiger partial charge in [-0.1, -0.05) is 48.6 Å². The summed E-state index contributed by atoms with van der Waals surface area (Å²) in [5, 5.41) is 0. The van der Waals surface area contributed by atoms with E-state index in [1.54, 1.807) is 36.4 Å². The second-order valence-electron chi connectivity index (χ2n) is 6.69. The van der Waals surface area contributed by atoms with Crippen molar-refractivity contribution in [3.63, 3.8) is 0 Å². The highest BCUT2D eigenvalue weighted by molar-refractivity contribution is 7.93. The highest BCUT2D eigenvalue weighted by Crippen LogP contribution is 2.44. The van der Waals surface area contributed by atoms with E-state index in [0.717, 1.165) is 9.87 Å². The molecule has 6 nitrogen and oxygen atoms in total. The van der Waals surface area contributed by atoms with Gasteiger partial charge in [0.25, 0.3) is 10.0 Å². The van der Waals surface area contributed by atoms with Gasteiger partial charge in [-0.25, -0.2) is 17.5 Å². The summed E-state index contributed by atoms with van der Waals surface area (Å²) >= 11 is 0. The van der Waals surface area contributed by atoms with Gasteiger partial charge in [0.1, 0.15) is 6.61 Å². The van der Waals surface area contributed by atoms with E-state index in [2.05, 4.69) is 6.58 Å². The first-order valence-electron chi connectivity index (χ1n) is 8.74. The van der Waals surface area contributed by atoms with E-state index in [1.165, 1.54) is 25.1 Å². The molecular formula is C21H21NO5S. The number of esters is 1. The molecule has 3 rings (SSSR count). The zero-order valence-corrected chi connectivity index (χ0v) is 16.5. The highest BCUT2D eigenvalue weighted by Gasteiger charge is 2.59. The number of anilines is 1. The number of ketones is 1. The lowest BCUT2D eigenvalue weighted by atomic mass is 9.91. The Hall–Kier alpha value is -2.93. The quantitative estimate of drug-likeness (QED) is 0.424. The van der Waals surface area contributed by atoms with Gasteiger partial charge >= 0.3 is 5.97 Å². The number of carbonyl (C=O) groups excluding carboxylic acids is 2. The smallest absolute Gasteiger partial charge is 0.341 e. The van der Waals surface area contributed by atoms with E-state index in [1.807, 2.05) is 6.92 Å². The van der Waals surface area contributed by atoms with Gasteiger partial charge in [0.15, 0.2) is 5.78 Å². The van der Waals surface area contributed by atoms with Gasteiger partial charge in [-0.05, 0) is 37.6 Å². The lowest BCUT2D eigenvalue weighted by Crippen LogP contribution is -2.61.